The molecule has 0 spiro atoms. The van der Waals surface area contributed by atoms with Crippen LogP contribution in [-0.4, -0.2) is 27.1 Å². The smallest absolute Gasteiger partial charge is 0.261 e. The summed E-state index contributed by atoms with van der Waals surface area (Å²) < 4.78 is 12.7. The zero-order valence-electron chi connectivity index (χ0n) is 18.6. The molecule has 1 saturated heterocycles. The number of unbranched alkanes of at least 4 members (excludes halogenated alkanes) is 2. The lowest BCUT2D eigenvalue weighted by Gasteiger charge is -2.43. The van der Waals surface area contributed by atoms with E-state index in [0.717, 1.165) is 19.3 Å². The maximum atomic E-state index is 6.89. The minimum absolute atomic E-state index is 0.0246. The third kappa shape index (κ3) is 5.24. The Labute approximate surface area is 183 Å². The highest BCUT2D eigenvalue weighted by Gasteiger charge is 2.51. The van der Waals surface area contributed by atoms with Gasteiger partial charge in [0.25, 0.3) is 8.32 Å². The van der Waals surface area contributed by atoms with E-state index in [1.807, 2.05) is 0 Å². The first kappa shape index (κ1) is 22.4. The lowest BCUT2D eigenvalue weighted by molar-refractivity contribution is 0.249. The summed E-state index contributed by atoms with van der Waals surface area (Å²) in [6.45, 7) is 9.58. The summed E-state index contributed by atoms with van der Waals surface area (Å²) in [6.07, 6.45) is 3.16. The summed E-state index contributed by atoms with van der Waals surface area (Å²) in [5.41, 5.74) is 0. The van der Waals surface area contributed by atoms with E-state index in [0.29, 0.717) is 6.61 Å². The summed E-state index contributed by atoms with van der Waals surface area (Å²) in [6, 6.07) is 21.4. The van der Waals surface area contributed by atoms with E-state index < -0.39 is 8.32 Å². The molecule has 3 rings (SSSR count). The van der Waals surface area contributed by atoms with Gasteiger partial charge in [0.1, 0.15) is 12.2 Å². The molecule has 1 aliphatic heterocycles. The van der Waals surface area contributed by atoms with Crippen molar-refractivity contribution < 1.29 is 9.16 Å². The van der Waals surface area contributed by atoms with Crippen LogP contribution in [0.5, 0.6) is 0 Å². The van der Waals surface area contributed by atoms with Crippen LogP contribution in [0, 0.1) is 23.7 Å². The Bertz CT molecular complexity index is 884. The van der Waals surface area contributed by atoms with Crippen LogP contribution in [0.25, 0.3) is 0 Å². The van der Waals surface area contributed by atoms with E-state index in [4.69, 9.17) is 9.16 Å². The monoisotopic (exact) mass is 416 g/mol. The molecule has 2 atom stereocenters. The van der Waals surface area contributed by atoms with Crippen molar-refractivity contribution in [1.82, 2.24) is 0 Å². The maximum absolute atomic E-state index is 6.89. The Kier molecular flexibility index (Phi) is 7.57. The van der Waals surface area contributed by atoms with Crippen molar-refractivity contribution in [1.29, 1.82) is 0 Å². The molecule has 0 N–H and O–H groups in total. The first-order chi connectivity index (χ1) is 14.5. The van der Waals surface area contributed by atoms with E-state index in [-0.39, 0.29) is 17.2 Å². The fourth-order valence-electron chi connectivity index (χ4n) is 3.84. The van der Waals surface area contributed by atoms with Gasteiger partial charge >= 0.3 is 0 Å². The lowest BCUT2D eigenvalue weighted by Crippen LogP contribution is -2.66. The van der Waals surface area contributed by atoms with Gasteiger partial charge in [0.05, 0.1) is 6.61 Å². The highest BCUT2D eigenvalue weighted by atomic mass is 28.4. The van der Waals surface area contributed by atoms with Gasteiger partial charge < -0.3 is 9.16 Å². The Morgan fingerprint density at radius 3 is 2.07 bits per heavy atom. The molecule has 1 fully saturated rings. The second-order valence-electron chi connectivity index (χ2n) is 8.74. The van der Waals surface area contributed by atoms with Crippen molar-refractivity contribution in [3.63, 3.8) is 0 Å². The van der Waals surface area contributed by atoms with Gasteiger partial charge in [0, 0.05) is 6.42 Å². The third-order valence-corrected chi connectivity index (χ3v) is 10.5. The molecule has 2 aromatic rings. The minimum Gasteiger partial charge on any atom is -0.405 e. The zero-order valence-corrected chi connectivity index (χ0v) is 19.6. The van der Waals surface area contributed by atoms with Crippen LogP contribution in [0.2, 0.25) is 5.04 Å². The maximum Gasteiger partial charge on any atom is 0.261 e. The Hall–Kier alpha value is -2.30. The average molecular weight is 417 g/mol. The summed E-state index contributed by atoms with van der Waals surface area (Å²) in [4.78, 5) is 0. The van der Waals surface area contributed by atoms with E-state index in [9.17, 15) is 0 Å². The van der Waals surface area contributed by atoms with Gasteiger partial charge in [0.2, 0.25) is 0 Å². The molecular weight excluding hydrogens is 384 g/mol. The third-order valence-electron chi connectivity index (χ3n) is 5.48. The van der Waals surface area contributed by atoms with Crippen molar-refractivity contribution in [2.45, 2.75) is 64.2 Å². The van der Waals surface area contributed by atoms with Gasteiger partial charge in [-0.1, -0.05) is 107 Å². The van der Waals surface area contributed by atoms with Gasteiger partial charge in [0.15, 0.2) is 0 Å². The normalized spacial score (nSPS) is 18.0. The summed E-state index contributed by atoms with van der Waals surface area (Å²) >= 11 is 0. The second-order valence-corrected chi connectivity index (χ2v) is 13.0. The van der Waals surface area contributed by atoms with Crippen molar-refractivity contribution >= 4 is 18.7 Å². The average Bonchev–Trinajstić information content (AvgIpc) is 3.50. The first-order valence-electron chi connectivity index (χ1n) is 10.9. The molecule has 3 heteroatoms. The fourth-order valence-corrected chi connectivity index (χ4v) is 8.41. The van der Waals surface area contributed by atoms with Crippen LogP contribution in [-0.2, 0) is 9.16 Å². The summed E-state index contributed by atoms with van der Waals surface area (Å²) in [5.74, 6) is 12.1. The number of rotatable bonds is 7. The van der Waals surface area contributed by atoms with E-state index in [1.54, 1.807) is 0 Å². The van der Waals surface area contributed by atoms with Gasteiger partial charge in [-0.25, -0.2) is 0 Å². The number of hydrogen-bond donors (Lipinski definition) is 0. The number of benzene rings is 2. The molecule has 2 nitrogen and oxygen atoms in total. The van der Waals surface area contributed by atoms with Crippen molar-refractivity contribution in [2.75, 3.05) is 6.61 Å². The highest BCUT2D eigenvalue weighted by molar-refractivity contribution is 6.99. The van der Waals surface area contributed by atoms with Crippen LogP contribution >= 0.6 is 0 Å². The summed E-state index contributed by atoms with van der Waals surface area (Å²) in [7, 11) is -2.51. The molecule has 0 unspecified atom stereocenters. The SMILES string of the molecule is CCCCC#CC#C[C@@H]1O[C@@H]1CO[Si](c1ccccc1)(c1ccccc1)C(C)(C)C. The first-order valence-corrected chi connectivity index (χ1v) is 12.8. The van der Waals surface area contributed by atoms with E-state index in [1.165, 1.54) is 10.4 Å². The molecule has 2 aromatic carbocycles. The molecule has 156 valence electrons. The van der Waals surface area contributed by atoms with Crippen LogP contribution in [0.4, 0.5) is 0 Å². The second kappa shape index (κ2) is 10.1. The molecule has 0 bridgehead atoms. The summed E-state index contributed by atoms with van der Waals surface area (Å²) in [5, 5.41) is 2.54. The zero-order chi connectivity index (χ0) is 21.5. The Balaban J connectivity index is 1.78. The molecule has 0 aliphatic carbocycles. The number of hydrogen-bond acceptors (Lipinski definition) is 2. The topological polar surface area (TPSA) is 21.8 Å². The molecule has 1 heterocycles. The standard InChI is InChI=1S/C27H32O2Si/c1-5-6-7-8-9-16-21-25-26(29-25)22-28-30(27(2,3)4,23-17-12-10-13-18-23)24-19-14-11-15-20-24/h10-15,17-20,25-26H,5-7,22H2,1-4H3/t25-,26+/m0/s1. The van der Waals surface area contributed by atoms with Crippen molar-refractivity contribution in [3.8, 4) is 23.7 Å². The quantitative estimate of drug-likeness (QED) is 0.286. The Morgan fingerprint density at radius 2 is 1.53 bits per heavy atom. The van der Waals surface area contributed by atoms with E-state index >= 15 is 0 Å². The van der Waals surface area contributed by atoms with Crippen LogP contribution in [0.3, 0.4) is 0 Å². The van der Waals surface area contributed by atoms with Crippen molar-refractivity contribution in [2.24, 2.45) is 0 Å². The van der Waals surface area contributed by atoms with Crippen LogP contribution in [0.1, 0.15) is 47.0 Å². The lowest BCUT2D eigenvalue weighted by atomic mass is 10.2. The van der Waals surface area contributed by atoms with Gasteiger partial charge in [-0.2, -0.15) is 0 Å². The molecule has 0 radical (unpaired) electrons. The van der Waals surface area contributed by atoms with Crippen molar-refractivity contribution in [3.05, 3.63) is 60.7 Å². The van der Waals surface area contributed by atoms with Crippen LogP contribution in [0.15, 0.2) is 60.7 Å². The predicted molar refractivity (Wildman–Crippen MR) is 127 cm³/mol. The predicted octanol–water partition coefficient (Wildman–Crippen LogP) is 4.53. The number of ether oxygens (including phenoxy) is 1. The fraction of sp³-hybridized carbons (Fsp3) is 0.407. The van der Waals surface area contributed by atoms with Gasteiger partial charge in [-0.05, 0) is 33.7 Å². The molecule has 30 heavy (non-hydrogen) atoms. The highest BCUT2D eigenvalue weighted by Crippen LogP contribution is 2.37. The molecule has 1 aliphatic rings. The Morgan fingerprint density at radius 1 is 0.933 bits per heavy atom. The number of epoxide rings is 1. The molecule has 0 aromatic heterocycles. The molecular formula is C27H32O2Si. The van der Waals surface area contributed by atoms with Crippen LogP contribution < -0.4 is 10.4 Å². The minimum atomic E-state index is -2.51. The van der Waals surface area contributed by atoms with Gasteiger partial charge in [-0.15, -0.1) is 0 Å². The molecule has 0 saturated carbocycles. The van der Waals surface area contributed by atoms with Gasteiger partial charge in [-0.3, -0.25) is 0 Å². The van der Waals surface area contributed by atoms with E-state index in [2.05, 4.69) is 112 Å². The largest absolute Gasteiger partial charge is 0.405 e. The molecule has 0 amide bonds.